The molecule has 38 heavy (non-hydrogen) atoms. The summed E-state index contributed by atoms with van der Waals surface area (Å²) in [5, 5.41) is 18.7. The van der Waals surface area contributed by atoms with Crippen LogP contribution < -0.4 is 5.73 Å². The van der Waals surface area contributed by atoms with Gasteiger partial charge in [-0.2, -0.15) is 36.5 Å². The number of nitrogens with zero attached hydrogens (tertiary/aromatic N) is 7. The Morgan fingerprint density at radius 1 is 0.816 bits per heavy atom. The van der Waals surface area contributed by atoms with Crippen LogP contribution in [0.25, 0.3) is 0 Å². The standard InChI is InChI=1S/C11H15F3N4O2.C11H17F3N4/c12-11(13,14)3-6-16-4-1-9(2-5-16)17-8-10(7-15-17)18(19)20;12-11(13,14)3-6-17-4-1-10(2-5-17)18-8-9(15)7-16-18/h7-9H,1-6H2;7-8,10H,1-6,15H2. The van der Waals surface area contributed by atoms with E-state index in [-0.39, 0.29) is 30.9 Å². The van der Waals surface area contributed by atoms with E-state index in [1.807, 2.05) is 9.58 Å². The zero-order valence-electron chi connectivity index (χ0n) is 20.7. The highest BCUT2D eigenvalue weighted by Crippen LogP contribution is 2.27. The average Bonchev–Trinajstić information content (AvgIpc) is 3.52. The normalized spacial score (nSPS) is 18.8. The van der Waals surface area contributed by atoms with Gasteiger partial charge in [0.15, 0.2) is 0 Å². The molecule has 2 fully saturated rings. The number of anilines is 1. The highest BCUT2D eigenvalue weighted by atomic mass is 19.4. The Bertz CT molecular complexity index is 1010. The maximum atomic E-state index is 12.1. The van der Waals surface area contributed by atoms with Gasteiger partial charge in [0.25, 0.3) is 0 Å². The number of hydrogen-bond acceptors (Lipinski definition) is 7. The quantitative estimate of drug-likeness (QED) is 0.306. The van der Waals surface area contributed by atoms with Crippen LogP contribution in [0.1, 0.15) is 50.6 Å². The lowest BCUT2D eigenvalue weighted by atomic mass is 10.1. The molecule has 0 atom stereocenters. The summed E-state index contributed by atoms with van der Waals surface area (Å²) in [5.41, 5.74) is 6.14. The summed E-state index contributed by atoms with van der Waals surface area (Å²) in [6.45, 7) is 2.57. The Kier molecular flexibility index (Phi) is 9.98. The van der Waals surface area contributed by atoms with Gasteiger partial charge in [-0.25, -0.2) is 0 Å². The lowest BCUT2D eigenvalue weighted by Gasteiger charge is -2.32. The van der Waals surface area contributed by atoms with Crippen LogP contribution in [0.15, 0.2) is 24.8 Å². The minimum Gasteiger partial charge on any atom is -0.396 e. The van der Waals surface area contributed by atoms with Crippen LogP contribution in [0.4, 0.5) is 37.7 Å². The van der Waals surface area contributed by atoms with Gasteiger partial charge < -0.3 is 15.5 Å². The number of nitrogens with two attached hydrogens (primary N) is 1. The van der Waals surface area contributed by atoms with Crippen molar-refractivity contribution >= 4 is 11.4 Å². The predicted octanol–water partition coefficient (Wildman–Crippen LogP) is 4.44. The lowest BCUT2D eigenvalue weighted by Crippen LogP contribution is -2.36. The molecule has 2 aromatic heterocycles. The number of hydrogen-bond donors (Lipinski definition) is 1. The molecule has 2 N–H and O–H groups in total. The molecule has 2 aromatic rings. The van der Waals surface area contributed by atoms with Crippen molar-refractivity contribution in [3.8, 4) is 0 Å². The number of aromatic nitrogens is 4. The topological polar surface area (TPSA) is 111 Å². The second kappa shape index (κ2) is 12.8. The fourth-order valence-electron chi connectivity index (χ4n) is 4.56. The second-order valence-corrected chi connectivity index (χ2v) is 9.57. The molecule has 2 saturated heterocycles. The van der Waals surface area contributed by atoms with Crippen molar-refractivity contribution < 1.29 is 31.3 Å². The van der Waals surface area contributed by atoms with Crippen LogP contribution in [-0.2, 0) is 0 Å². The number of halogens is 6. The minimum absolute atomic E-state index is 0.00940. The second-order valence-electron chi connectivity index (χ2n) is 9.57. The summed E-state index contributed by atoms with van der Waals surface area (Å²) in [5.74, 6) is 0. The van der Waals surface area contributed by atoms with Gasteiger partial charge in [0.1, 0.15) is 12.4 Å². The van der Waals surface area contributed by atoms with Crippen LogP contribution in [0, 0.1) is 10.1 Å². The zero-order chi connectivity index (χ0) is 27.9. The van der Waals surface area contributed by atoms with Gasteiger partial charge in [0, 0.05) is 45.5 Å². The highest BCUT2D eigenvalue weighted by molar-refractivity contribution is 5.30. The van der Waals surface area contributed by atoms with Crippen molar-refractivity contribution in [2.75, 3.05) is 45.0 Å². The van der Waals surface area contributed by atoms with E-state index in [0.717, 1.165) is 12.8 Å². The van der Waals surface area contributed by atoms with E-state index >= 15 is 0 Å². The van der Waals surface area contributed by atoms with Crippen molar-refractivity contribution in [1.82, 2.24) is 29.4 Å². The molecular formula is C22H32F6N8O2. The SMILES string of the molecule is Nc1cnn(C2CCN(CCC(F)(F)F)CC2)c1.O=[N+]([O-])c1cnn(C2CCN(CCC(F)(F)F)CC2)c1. The van der Waals surface area contributed by atoms with Crippen molar-refractivity contribution in [1.29, 1.82) is 0 Å². The maximum absolute atomic E-state index is 12.1. The average molecular weight is 555 g/mol. The van der Waals surface area contributed by atoms with Crippen molar-refractivity contribution in [2.24, 2.45) is 0 Å². The molecule has 0 spiro atoms. The first-order valence-corrected chi connectivity index (χ1v) is 12.4. The molecule has 214 valence electrons. The van der Waals surface area contributed by atoms with E-state index in [0.29, 0.717) is 44.7 Å². The molecule has 0 aromatic carbocycles. The molecule has 4 rings (SSSR count). The van der Waals surface area contributed by atoms with Gasteiger partial charge in [-0.1, -0.05) is 0 Å². The molecule has 0 aliphatic carbocycles. The van der Waals surface area contributed by atoms with E-state index in [4.69, 9.17) is 5.73 Å². The number of rotatable bonds is 7. The van der Waals surface area contributed by atoms with Gasteiger partial charge in [-0.3, -0.25) is 19.5 Å². The maximum Gasteiger partial charge on any atom is 0.390 e. The molecule has 2 aliphatic heterocycles. The number of alkyl halides is 6. The zero-order valence-corrected chi connectivity index (χ0v) is 20.7. The number of likely N-dealkylation sites (tertiary alicyclic amines) is 2. The van der Waals surface area contributed by atoms with E-state index in [1.54, 1.807) is 22.0 Å². The third kappa shape index (κ3) is 9.78. The number of nitro groups is 1. The smallest absolute Gasteiger partial charge is 0.390 e. The minimum atomic E-state index is -4.13. The third-order valence-electron chi connectivity index (χ3n) is 6.71. The Morgan fingerprint density at radius 2 is 1.24 bits per heavy atom. The Labute approximate surface area is 215 Å². The van der Waals surface area contributed by atoms with Gasteiger partial charge >= 0.3 is 18.0 Å². The van der Waals surface area contributed by atoms with Crippen LogP contribution in [0.2, 0.25) is 0 Å². The lowest BCUT2D eigenvalue weighted by molar-refractivity contribution is -0.385. The Balaban J connectivity index is 0.000000212. The first-order valence-electron chi connectivity index (χ1n) is 12.4. The van der Waals surface area contributed by atoms with Crippen LogP contribution in [-0.4, -0.2) is 85.9 Å². The molecule has 0 radical (unpaired) electrons. The summed E-state index contributed by atoms with van der Waals surface area (Å²) in [6.07, 6.45) is -0.854. The van der Waals surface area contributed by atoms with Crippen molar-refractivity contribution in [3.63, 3.8) is 0 Å². The van der Waals surface area contributed by atoms with Crippen molar-refractivity contribution in [3.05, 3.63) is 34.9 Å². The number of nitrogen functional groups attached to an aromatic ring is 1. The van der Waals surface area contributed by atoms with Crippen molar-refractivity contribution in [2.45, 2.75) is 63.0 Å². The summed E-state index contributed by atoms with van der Waals surface area (Å²) < 4.78 is 76.0. The number of piperidine rings is 2. The molecule has 10 nitrogen and oxygen atoms in total. The molecular weight excluding hydrogens is 522 g/mol. The molecule has 2 aliphatic rings. The monoisotopic (exact) mass is 554 g/mol. The van der Waals surface area contributed by atoms with E-state index in [2.05, 4.69) is 10.2 Å². The first kappa shape index (κ1) is 29.7. The predicted molar refractivity (Wildman–Crippen MR) is 126 cm³/mol. The molecule has 0 unspecified atom stereocenters. The third-order valence-corrected chi connectivity index (χ3v) is 6.71. The summed E-state index contributed by atoms with van der Waals surface area (Å²) >= 11 is 0. The van der Waals surface area contributed by atoms with Crippen LogP contribution in [0.3, 0.4) is 0 Å². The largest absolute Gasteiger partial charge is 0.396 e. The molecule has 0 amide bonds. The van der Waals surface area contributed by atoms with Gasteiger partial charge in [-0.15, -0.1) is 0 Å². The Hall–Kier alpha value is -2.88. The van der Waals surface area contributed by atoms with E-state index in [9.17, 15) is 36.5 Å². The fraction of sp³-hybridized carbons (Fsp3) is 0.727. The van der Waals surface area contributed by atoms with E-state index < -0.39 is 30.1 Å². The molecule has 0 bridgehead atoms. The molecule has 0 saturated carbocycles. The molecule has 4 heterocycles. The summed E-state index contributed by atoms with van der Waals surface area (Å²) in [4.78, 5) is 13.7. The van der Waals surface area contributed by atoms with Gasteiger partial charge in [0.2, 0.25) is 0 Å². The van der Waals surface area contributed by atoms with Crippen LogP contribution >= 0.6 is 0 Å². The van der Waals surface area contributed by atoms with Gasteiger partial charge in [0.05, 0.1) is 41.7 Å². The highest BCUT2D eigenvalue weighted by Gasteiger charge is 2.30. The Morgan fingerprint density at radius 3 is 1.58 bits per heavy atom. The van der Waals surface area contributed by atoms with E-state index in [1.165, 1.54) is 12.4 Å². The first-order chi connectivity index (χ1) is 17.8. The summed E-state index contributed by atoms with van der Waals surface area (Å²) in [7, 11) is 0. The van der Waals surface area contributed by atoms with Gasteiger partial charge in [-0.05, 0) is 25.7 Å². The molecule has 16 heteroatoms. The fourth-order valence-corrected chi connectivity index (χ4v) is 4.56. The summed E-state index contributed by atoms with van der Waals surface area (Å²) in [6, 6.07) is 0.273. The van der Waals surface area contributed by atoms with Crippen LogP contribution in [0.5, 0.6) is 0 Å².